The van der Waals surface area contributed by atoms with Crippen LogP contribution in [-0.2, 0) is 21.9 Å². The lowest BCUT2D eigenvalue weighted by atomic mass is 9.80. The van der Waals surface area contributed by atoms with Crippen molar-refractivity contribution in [3.63, 3.8) is 0 Å². The second kappa shape index (κ2) is 8.07. The van der Waals surface area contributed by atoms with E-state index in [1.165, 1.54) is 18.7 Å². The van der Waals surface area contributed by atoms with Crippen molar-refractivity contribution in [2.24, 2.45) is 11.3 Å². The number of benzene rings is 2. The highest BCUT2D eigenvalue weighted by atomic mass is 19.4. The first kappa shape index (κ1) is 24.6. The van der Waals surface area contributed by atoms with E-state index in [9.17, 15) is 35.9 Å². The molecule has 2 aromatic rings. The van der Waals surface area contributed by atoms with Crippen molar-refractivity contribution in [1.29, 1.82) is 0 Å². The zero-order chi connectivity index (χ0) is 24.9. The standard InChI is InChI=1S/C23H22F6N2O2/c1-12-6-5-7-13(2)18(12)31-11-21(4,14(3)19(31)32)20(33)30-17-9-15(22(24,25)26)8-16(10-17)23(27,28)29/h5-10,14H,11H2,1-4H3,(H,30,33)/t14-,21+/m0/s1. The second-order valence-corrected chi connectivity index (χ2v) is 8.55. The Hall–Kier alpha value is -3.04. The average molecular weight is 472 g/mol. The monoisotopic (exact) mass is 472 g/mol. The Morgan fingerprint density at radius 3 is 1.94 bits per heavy atom. The van der Waals surface area contributed by atoms with Gasteiger partial charge in [0.2, 0.25) is 11.8 Å². The number of carbonyl (C=O) groups excluding carboxylic acids is 2. The van der Waals surface area contributed by atoms with Crippen molar-refractivity contribution < 1.29 is 35.9 Å². The molecule has 1 heterocycles. The Bertz CT molecular complexity index is 1060. The lowest BCUT2D eigenvalue weighted by molar-refractivity contribution is -0.143. The molecule has 2 aromatic carbocycles. The van der Waals surface area contributed by atoms with E-state index in [-0.39, 0.29) is 18.5 Å². The third-order valence-corrected chi connectivity index (χ3v) is 6.15. The number of alkyl halides is 6. The number of aryl methyl sites for hydroxylation is 2. The Labute approximate surface area is 186 Å². The second-order valence-electron chi connectivity index (χ2n) is 8.55. The maximum absolute atomic E-state index is 13.1. The molecule has 3 rings (SSSR count). The van der Waals surface area contributed by atoms with Gasteiger partial charge >= 0.3 is 12.4 Å². The summed E-state index contributed by atoms with van der Waals surface area (Å²) in [6.07, 6.45) is -10.1. The predicted octanol–water partition coefficient (Wildman–Crippen LogP) is 5.97. The molecule has 2 atom stereocenters. The van der Waals surface area contributed by atoms with E-state index in [0.29, 0.717) is 17.8 Å². The van der Waals surface area contributed by atoms with Crippen LogP contribution in [0, 0.1) is 25.2 Å². The normalized spacial score (nSPS) is 21.5. The van der Waals surface area contributed by atoms with E-state index in [4.69, 9.17) is 0 Å². The molecule has 10 heteroatoms. The van der Waals surface area contributed by atoms with Crippen molar-refractivity contribution in [2.45, 2.75) is 40.0 Å². The number of anilines is 2. The summed E-state index contributed by atoms with van der Waals surface area (Å²) in [6.45, 7) is 6.52. The number of amides is 2. The van der Waals surface area contributed by atoms with Gasteiger partial charge in [-0.3, -0.25) is 9.59 Å². The SMILES string of the molecule is Cc1cccc(C)c1N1C[C@@](C)(C(=O)Nc2cc(C(F)(F)F)cc(C(F)(F)F)c2)[C@@H](C)C1=O. The summed E-state index contributed by atoms with van der Waals surface area (Å²) in [7, 11) is 0. The lowest BCUT2D eigenvalue weighted by Crippen LogP contribution is -2.40. The van der Waals surface area contributed by atoms with Crippen LogP contribution in [0.25, 0.3) is 0 Å². The molecule has 4 nitrogen and oxygen atoms in total. The lowest BCUT2D eigenvalue weighted by Gasteiger charge is -2.27. The van der Waals surface area contributed by atoms with Crippen LogP contribution in [0.5, 0.6) is 0 Å². The highest BCUT2D eigenvalue weighted by Crippen LogP contribution is 2.43. The Balaban J connectivity index is 1.97. The number of nitrogens with zero attached hydrogens (tertiary/aromatic N) is 1. The fourth-order valence-corrected chi connectivity index (χ4v) is 4.04. The summed E-state index contributed by atoms with van der Waals surface area (Å²) < 4.78 is 78.9. The van der Waals surface area contributed by atoms with E-state index >= 15 is 0 Å². The van der Waals surface area contributed by atoms with Gasteiger partial charge in [-0.15, -0.1) is 0 Å². The Morgan fingerprint density at radius 2 is 1.48 bits per heavy atom. The number of halogens is 6. The van der Waals surface area contributed by atoms with Crippen LogP contribution in [-0.4, -0.2) is 18.4 Å². The fraction of sp³-hybridized carbons (Fsp3) is 0.391. The zero-order valence-electron chi connectivity index (χ0n) is 18.3. The first-order chi connectivity index (χ1) is 15.1. The van der Waals surface area contributed by atoms with Gasteiger partial charge in [-0.25, -0.2) is 0 Å². The van der Waals surface area contributed by atoms with Crippen LogP contribution in [0.1, 0.15) is 36.1 Å². The van der Waals surface area contributed by atoms with E-state index in [1.54, 1.807) is 26.0 Å². The van der Waals surface area contributed by atoms with Gasteiger partial charge < -0.3 is 10.2 Å². The number of rotatable bonds is 3. The fourth-order valence-electron chi connectivity index (χ4n) is 4.04. The summed E-state index contributed by atoms with van der Waals surface area (Å²) in [5.41, 5.74) is -2.88. The predicted molar refractivity (Wildman–Crippen MR) is 111 cm³/mol. The van der Waals surface area contributed by atoms with Gasteiger partial charge in [0.15, 0.2) is 0 Å². The van der Waals surface area contributed by atoms with E-state index in [0.717, 1.165) is 11.1 Å². The first-order valence-electron chi connectivity index (χ1n) is 10.0. The molecule has 1 N–H and O–H groups in total. The van der Waals surface area contributed by atoms with E-state index in [1.807, 2.05) is 6.07 Å². The van der Waals surface area contributed by atoms with Gasteiger partial charge in [-0.1, -0.05) is 25.1 Å². The summed E-state index contributed by atoms with van der Waals surface area (Å²) in [5.74, 6) is -2.06. The van der Waals surface area contributed by atoms with Crippen LogP contribution in [0.15, 0.2) is 36.4 Å². The molecule has 0 unspecified atom stereocenters. The summed E-state index contributed by atoms with van der Waals surface area (Å²) in [6, 6.07) is 6.30. The average Bonchev–Trinajstić information content (AvgIpc) is 2.91. The van der Waals surface area contributed by atoms with Gasteiger partial charge in [0.05, 0.1) is 22.5 Å². The molecule has 178 valence electrons. The number of nitrogens with one attached hydrogen (secondary N) is 1. The van der Waals surface area contributed by atoms with E-state index < -0.39 is 46.4 Å². The highest BCUT2D eigenvalue weighted by Gasteiger charge is 2.52. The third-order valence-electron chi connectivity index (χ3n) is 6.15. The molecular formula is C23H22F6N2O2. The van der Waals surface area contributed by atoms with E-state index in [2.05, 4.69) is 5.32 Å². The van der Waals surface area contributed by atoms with Crippen LogP contribution in [0.2, 0.25) is 0 Å². The Morgan fingerprint density at radius 1 is 1.00 bits per heavy atom. The van der Waals surface area contributed by atoms with Crippen LogP contribution in [0.3, 0.4) is 0 Å². The van der Waals surface area contributed by atoms with Gasteiger partial charge in [-0.2, -0.15) is 26.3 Å². The van der Waals surface area contributed by atoms with Crippen LogP contribution in [0.4, 0.5) is 37.7 Å². The molecule has 33 heavy (non-hydrogen) atoms. The van der Waals surface area contributed by atoms with Crippen molar-refractivity contribution in [3.8, 4) is 0 Å². The topological polar surface area (TPSA) is 49.4 Å². The summed E-state index contributed by atoms with van der Waals surface area (Å²) in [5, 5.41) is 2.18. The number of hydrogen-bond acceptors (Lipinski definition) is 2. The van der Waals surface area contributed by atoms with Crippen molar-refractivity contribution >= 4 is 23.2 Å². The van der Waals surface area contributed by atoms with Crippen LogP contribution < -0.4 is 10.2 Å². The quantitative estimate of drug-likeness (QED) is 0.560. The zero-order valence-corrected chi connectivity index (χ0v) is 18.3. The van der Waals surface area contributed by atoms with Gasteiger partial charge in [0, 0.05) is 17.9 Å². The molecular weight excluding hydrogens is 450 g/mol. The molecule has 0 radical (unpaired) electrons. The Kier molecular flexibility index (Phi) is 6.02. The summed E-state index contributed by atoms with van der Waals surface area (Å²) >= 11 is 0. The minimum absolute atomic E-state index is 0.0121. The van der Waals surface area contributed by atoms with Crippen molar-refractivity contribution in [2.75, 3.05) is 16.8 Å². The molecule has 0 bridgehead atoms. The molecule has 0 saturated carbocycles. The number of carbonyl (C=O) groups is 2. The van der Waals surface area contributed by atoms with Crippen molar-refractivity contribution in [1.82, 2.24) is 0 Å². The molecule has 0 spiro atoms. The third kappa shape index (κ3) is 4.56. The van der Waals surface area contributed by atoms with Gasteiger partial charge in [0.1, 0.15) is 0 Å². The van der Waals surface area contributed by atoms with Gasteiger partial charge in [-0.05, 0) is 50.1 Å². The molecule has 1 saturated heterocycles. The maximum Gasteiger partial charge on any atom is 0.416 e. The number of para-hydroxylation sites is 1. The molecule has 0 aliphatic carbocycles. The molecule has 1 aliphatic rings. The molecule has 0 aromatic heterocycles. The number of hydrogen-bond donors (Lipinski definition) is 1. The largest absolute Gasteiger partial charge is 0.416 e. The van der Waals surface area contributed by atoms with Gasteiger partial charge in [0.25, 0.3) is 0 Å². The highest BCUT2D eigenvalue weighted by molar-refractivity contribution is 6.07. The molecule has 1 fully saturated rings. The van der Waals surface area contributed by atoms with Crippen molar-refractivity contribution in [3.05, 3.63) is 58.7 Å². The summed E-state index contributed by atoms with van der Waals surface area (Å²) in [4.78, 5) is 27.6. The minimum Gasteiger partial charge on any atom is -0.326 e. The van der Waals surface area contributed by atoms with Crippen LogP contribution >= 0.6 is 0 Å². The molecule has 2 amide bonds. The first-order valence-corrected chi connectivity index (χ1v) is 10.0. The smallest absolute Gasteiger partial charge is 0.326 e. The maximum atomic E-state index is 13.1. The minimum atomic E-state index is -5.04. The molecule has 1 aliphatic heterocycles.